The fourth-order valence-electron chi connectivity index (χ4n) is 0.773. The molecule has 0 heterocycles. The molecule has 0 aliphatic rings. The highest BCUT2D eigenvalue weighted by Crippen LogP contribution is 2.04. The Morgan fingerprint density at radius 1 is 1.46 bits per heavy atom. The van der Waals surface area contributed by atoms with Gasteiger partial charge >= 0.3 is 0 Å². The molecule has 0 aromatic carbocycles. The molecule has 0 aliphatic heterocycles. The van der Waals surface area contributed by atoms with E-state index < -0.39 is 0 Å². The van der Waals surface area contributed by atoms with Crippen molar-refractivity contribution in [3.8, 4) is 0 Å². The van der Waals surface area contributed by atoms with Crippen molar-refractivity contribution in [1.82, 2.24) is 4.90 Å². The van der Waals surface area contributed by atoms with Gasteiger partial charge in [-0.05, 0) is 13.8 Å². The molecule has 1 unspecified atom stereocenters. The van der Waals surface area contributed by atoms with Crippen molar-refractivity contribution in [3.63, 3.8) is 0 Å². The van der Waals surface area contributed by atoms with Crippen LogP contribution in [0.2, 0.25) is 0 Å². The van der Waals surface area contributed by atoms with Gasteiger partial charge in [-0.15, -0.1) is 0 Å². The zero-order valence-corrected chi connectivity index (χ0v) is 8.21. The van der Waals surface area contributed by atoms with E-state index in [1.807, 2.05) is 0 Å². The first kappa shape index (κ1) is 11.8. The molecule has 5 heteroatoms. The Kier molecular flexibility index (Phi) is 4.27. The topological polar surface area (TPSA) is 81.3 Å². The number of nitrogens with zero attached hydrogens (tertiary/aromatic N) is 1. The molecular formula is C8H17FN4. The Morgan fingerprint density at radius 3 is 2.23 bits per heavy atom. The number of rotatable bonds is 3. The third kappa shape index (κ3) is 3.80. The molecular weight excluding hydrogens is 171 g/mol. The zero-order valence-electron chi connectivity index (χ0n) is 8.21. The Hall–Kier alpha value is -1.23. The van der Waals surface area contributed by atoms with E-state index >= 15 is 0 Å². The lowest BCUT2D eigenvalue weighted by atomic mass is 10.2. The van der Waals surface area contributed by atoms with Crippen molar-refractivity contribution in [1.29, 1.82) is 0 Å². The van der Waals surface area contributed by atoms with E-state index in [-0.39, 0.29) is 17.7 Å². The molecule has 4 nitrogen and oxygen atoms in total. The third-order valence-corrected chi connectivity index (χ3v) is 1.54. The third-order valence-electron chi connectivity index (χ3n) is 1.54. The molecule has 0 spiro atoms. The van der Waals surface area contributed by atoms with E-state index in [2.05, 4.69) is 0 Å². The molecule has 1 atom stereocenters. The van der Waals surface area contributed by atoms with Crippen LogP contribution >= 0.6 is 0 Å². The summed E-state index contributed by atoms with van der Waals surface area (Å²) in [6, 6.07) is -0.337. The standard InChI is InChI=1S/C8H17FN4/c1-5(9)4-13(3)8(12)7(11)6(2)10/h4,6H,10-12H2,1-3H3/b5-4-,8-7+. The van der Waals surface area contributed by atoms with Crippen LogP contribution in [0.1, 0.15) is 13.8 Å². The lowest BCUT2D eigenvalue weighted by Crippen LogP contribution is -2.32. The van der Waals surface area contributed by atoms with Crippen molar-refractivity contribution in [2.45, 2.75) is 19.9 Å². The fraction of sp³-hybridized carbons (Fsp3) is 0.500. The molecule has 0 radical (unpaired) electrons. The van der Waals surface area contributed by atoms with Crippen LogP contribution in [-0.2, 0) is 0 Å². The van der Waals surface area contributed by atoms with E-state index in [0.29, 0.717) is 5.70 Å². The molecule has 0 aliphatic carbocycles. The molecule has 0 fully saturated rings. The minimum absolute atomic E-state index is 0.270. The second kappa shape index (κ2) is 4.71. The van der Waals surface area contributed by atoms with E-state index in [4.69, 9.17) is 17.2 Å². The maximum atomic E-state index is 12.4. The predicted octanol–water partition coefficient (Wildman–Crippen LogP) is 0.183. The first-order valence-electron chi connectivity index (χ1n) is 3.93. The van der Waals surface area contributed by atoms with Gasteiger partial charge in [-0.3, -0.25) is 0 Å². The Labute approximate surface area is 77.9 Å². The maximum Gasteiger partial charge on any atom is 0.123 e. The molecule has 76 valence electrons. The molecule has 0 saturated heterocycles. The highest BCUT2D eigenvalue weighted by molar-refractivity contribution is 5.13. The number of allylic oxidation sites excluding steroid dienone is 1. The lowest BCUT2D eigenvalue weighted by Gasteiger charge is -2.18. The van der Waals surface area contributed by atoms with Crippen LogP contribution in [0.4, 0.5) is 4.39 Å². The lowest BCUT2D eigenvalue weighted by molar-refractivity contribution is 0.508. The minimum atomic E-state index is -0.345. The maximum absolute atomic E-state index is 12.4. The molecule has 0 aromatic rings. The Bertz CT molecular complexity index is 228. The highest BCUT2D eigenvalue weighted by atomic mass is 19.1. The predicted molar refractivity (Wildman–Crippen MR) is 51.7 cm³/mol. The van der Waals surface area contributed by atoms with Gasteiger partial charge in [-0.2, -0.15) is 0 Å². The monoisotopic (exact) mass is 188 g/mol. The quantitative estimate of drug-likeness (QED) is 0.590. The van der Waals surface area contributed by atoms with Gasteiger partial charge < -0.3 is 22.1 Å². The summed E-state index contributed by atoms with van der Waals surface area (Å²) in [5.41, 5.74) is 17.0. The molecule has 0 bridgehead atoms. The van der Waals surface area contributed by atoms with Crippen LogP contribution in [-0.4, -0.2) is 18.0 Å². The first-order valence-corrected chi connectivity index (χ1v) is 3.93. The van der Waals surface area contributed by atoms with Crippen molar-refractivity contribution in [3.05, 3.63) is 23.5 Å². The summed E-state index contributed by atoms with van der Waals surface area (Å²) < 4.78 is 12.4. The molecule has 0 saturated carbocycles. The summed E-state index contributed by atoms with van der Waals surface area (Å²) in [4.78, 5) is 1.40. The number of halogens is 1. The van der Waals surface area contributed by atoms with E-state index in [9.17, 15) is 4.39 Å². The normalized spacial score (nSPS) is 16.5. The molecule has 13 heavy (non-hydrogen) atoms. The van der Waals surface area contributed by atoms with Gasteiger partial charge in [0.15, 0.2) is 0 Å². The van der Waals surface area contributed by atoms with Crippen LogP contribution < -0.4 is 17.2 Å². The molecule has 0 amide bonds. The Balaban J connectivity index is 4.68. The number of nitrogens with two attached hydrogens (primary N) is 3. The summed E-state index contributed by atoms with van der Waals surface area (Å²) in [7, 11) is 1.60. The smallest absolute Gasteiger partial charge is 0.123 e. The molecule has 6 N–H and O–H groups in total. The van der Waals surface area contributed by atoms with Crippen molar-refractivity contribution < 1.29 is 4.39 Å². The van der Waals surface area contributed by atoms with Crippen LogP contribution in [0.15, 0.2) is 23.5 Å². The molecule has 0 rings (SSSR count). The number of hydrogen-bond acceptors (Lipinski definition) is 4. The second-order valence-electron chi connectivity index (χ2n) is 2.96. The van der Waals surface area contributed by atoms with E-state index in [1.54, 1.807) is 14.0 Å². The largest absolute Gasteiger partial charge is 0.398 e. The van der Waals surface area contributed by atoms with Crippen LogP contribution in [0.25, 0.3) is 0 Å². The van der Waals surface area contributed by atoms with Gasteiger partial charge in [-0.1, -0.05) is 0 Å². The summed E-state index contributed by atoms with van der Waals surface area (Å²) >= 11 is 0. The summed E-state index contributed by atoms with van der Waals surface area (Å²) in [5.74, 6) is -0.0741. The summed E-state index contributed by atoms with van der Waals surface area (Å²) in [5, 5.41) is 0. The number of hydrogen-bond donors (Lipinski definition) is 3. The van der Waals surface area contributed by atoms with Crippen LogP contribution in [0.3, 0.4) is 0 Å². The fourth-order valence-corrected chi connectivity index (χ4v) is 0.773. The first-order chi connectivity index (χ1) is 5.86. The van der Waals surface area contributed by atoms with Crippen LogP contribution in [0.5, 0.6) is 0 Å². The van der Waals surface area contributed by atoms with Gasteiger partial charge in [0.1, 0.15) is 11.6 Å². The van der Waals surface area contributed by atoms with Gasteiger partial charge in [-0.25, -0.2) is 4.39 Å². The summed E-state index contributed by atoms with van der Waals surface area (Å²) in [6.45, 7) is 3.04. The second-order valence-corrected chi connectivity index (χ2v) is 2.96. The van der Waals surface area contributed by atoms with Crippen molar-refractivity contribution >= 4 is 0 Å². The van der Waals surface area contributed by atoms with Gasteiger partial charge in [0.25, 0.3) is 0 Å². The van der Waals surface area contributed by atoms with Gasteiger partial charge in [0.05, 0.1) is 5.70 Å². The van der Waals surface area contributed by atoms with E-state index in [1.165, 1.54) is 18.0 Å². The average Bonchev–Trinajstić information content (AvgIpc) is 2.00. The Morgan fingerprint density at radius 2 is 1.92 bits per heavy atom. The zero-order chi connectivity index (χ0) is 10.6. The van der Waals surface area contributed by atoms with Gasteiger partial charge in [0, 0.05) is 19.3 Å². The van der Waals surface area contributed by atoms with Crippen molar-refractivity contribution in [2.24, 2.45) is 17.2 Å². The SMILES string of the molecule is C/C(F)=C/N(C)/C(N)=C(/N)C(C)N. The molecule has 0 aromatic heterocycles. The van der Waals surface area contributed by atoms with Gasteiger partial charge in [0.2, 0.25) is 0 Å². The minimum Gasteiger partial charge on any atom is -0.398 e. The van der Waals surface area contributed by atoms with Crippen LogP contribution in [0, 0.1) is 0 Å². The van der Waals surface area contributed by atoms with E-state index in [0.717, 1.165) is 0 Å². The van der Waals surface area contributed by atoms with Crippen molar-refractivity contribution in [2.75, 3.05) is 7.05 Å². The average molecular weight is 188 g/mol. The highest BCUT2D eigenvalue weighted by Gasteiger charge is 2.06. The summed E-state index contributed by atoms with van der Waals surface area (Å²) in [6.07, 6.45) is 1.24.